The minimum atomic E-state index is 1.08. The third-order valence-electron chi connectivity index (χ3n) is 1.62. The van der Waals surface area contributed by atoms with Crippen LogP contribution in [0, 0.1) is 0 Å². The fourth-order valence-corrected chi connectivity index (χ4v) is 0.742. The van der Waals surface area contributed by atoms with Gasteiger partial charge in [0.15, 0.2) is 0 Å². The maximum atomic E-state index is 3.28. The summed E-state index contributed by atoms with van der Waals surface area (Å²) in [6.07, 6.45) is 4.67. The van der Waals surface area contributed by atoms with Gasteiger partial charge in [-0.3, -0.25) is 0 Å². The molecule has 0 aromatic heterocycles. The molecule has 1 heteroatoms. The first-order valence-corrected chi connectivity index (χ1v) is 4.17. The molecule has 0 saturated carbocycles. The highest BCUT2D eigenvalue weighted by molar-refractivity contribution is 4.96. The van der Waals surface area contributed by atoms with Crippen molar-refractivity contribution in [3.05, 3.63) is 11.6 Å². The second-order valence-corrected chi connectivity index (χ2v) is 2.55. The van der Waals surface area contributed by atoms with Gasteiger partial charge in [-0.15, -0.1) is 0 Å². The summed E-state index contributed by atoms with van der Waals surface area (Å²) >= 11 is 0. The minimum Gasteiger partial charge on any atom is -0.317 e. The highest BCUT2D eigenvalue weighted by Crippen LogP contribution is 1.98. The van der Waals surface area contributed by atoms with Crippen LogP contribution in [0.2, 0.25) is 0 Å². The van der Waals surface area contributed by atoms with Gasteiger partial charge >= 0.3 is 0 Å². The summed E-state index contributed by atoms with van der Waals surface area (Å²) in [5.41, 5.74) is 1.50. The van der Waals surface area contributed by atoms with Gasteiger partial charge in [0.25, 0.3) is 0 Å². The van der Waals surface area contributed by atoms with Crippen LogP contribution in [0.4, 0.5) is 0 Å². The summed E-state index contributed by atoms with van der Waals surface area (Å²) in [6.45, 7) is 8.72. The van der Waals surface area contributed by atoms with E-state index in [2.05, 4.69) is 32.2 Å². The zero-order valence-electron chi connectivity index (χ0n) is 7.41. The van der Waals surface area contributed by atoms with E-state index in [-0.39, 0.29) is 0 Å². The van der Waals surface area contributed by atoms with Crippen molar-refractivity contribution in [2.24, 2.45) is 0 Å². The second kappa shape index (κ2) is 6.81. The van der Waals surface area contributed by atoms with Gasteiger partial charge in [0, 0.05) is 0 Å². The van der Waals surface area contributed by atoms with Gasteiger partial charge < -0.3 is 5.32 Å². The van der Waals surface area contributed by atoms with Crippen LogP contribution in [-0.2, 0) is 0 Å². The molecule has 0 rings (SSSR count). The van der Waals surface area contributed by atoms with E-state index in [1.807, 2.05) is 0 Å². The molecule has 0 aliphatic rings. The lowest BCUT2D eigenvalue weighted by atomic mass is 10.2. The summed E-state index contributed by atoms with van der Waals surface area (Å²) in [5.74, 6) is 0. The van der Waals surface area contributed by atoms with E-state index in [1.165, 1.54) is 18.4 Å². The molecule has 0 bridgehead atoms. The highest BCUT2D eigenvalue weighted by Gasteiger charge is 1.83. The summed E-state index contributed by atoms with van der Waals surface area (Å²) in [5, 5.41) is 3.28. The SMILES string of the molecule is CCNCCC=C(C)CC. The first-order chi connectivity index (χ1) is 4.81. The first kappa shape index (κ1) is 9.70. The maximum Gasteiger partial charge on any atom is -0.00143 e. The number of rotatable bonds is 5. The quantitative estimate of drug-likeness (QED) is 0.458. The monoisotopic (exact) mass is 141 g/mol. The van der Waals surface area contributed by atoms with E-state index in [1.54, 1.807) is 0 Å². The normalized spacial score (nSPS) is 12.1. The van der Waals surface area contributed by atoms with E-state index < -0.39 is 0 Å². The Balaban J connectivity index is 3.16. The van der Waals surface area contributed by atoms with Gasteiger partial charge in [0.05, 0.1) is 0 Å². The van der Waals surface area contributed by atoms with Crippen LogP contribution in [0.15, 0.2) is 11.6 Å². The van der Waals surface area contributed by atoms with Gasteiger partial charge in [-0.25, -0.2) is 0 Å². The molecule has 0 saturated heterocycles. The lowest BCUT2D eigenvalue weighted by Gasteiger charge is -1.97. The third-order valence-corrected chi connectivity index (χ3v) is 1.62. The van der Waals surface area contributed by atoms with Crippen LogP contribution in [0.3, 0.4) is 0 Å². The Morgan fingerprint density at radius 2 is 2.10 bits per heavy atom. The molecule has 0 spiro atoms. The molecule has 60 valence electrons. The van der Waals surface area contributed by atoms with E-state index in [0.29, 0.717) is 0 Å². The van der Waals surface area contributed by atoms with E-state index >= 15 is 0 Å². The lowest BCUT2D eigenvalue weighted by Crippen LogP contribution is -2.13. The van der Waals surface area contributed by atoms with E-state index in [4.69, 9.17) is 0 Å². The fourth-order valence-electron chi connectivity index (χ4n) is 0.742. The van der Waals surface area contributed by atoms with Crippen LogP contribution < -0.4 is 5.32 Å². The van der Waals surface area contributed by atoms with E-state index in [9.17, 15) is 0 Å². The Labute approximate surface area is 64.5 Å². The van der Waals surface area contributed by atoms with Crippen LogP contribution in [-0.4, -0.2) is 13.1 Å². The minimum absolute atomic E-state index is 1.08. The molecule has 0 aliphatic carbocycles. The zero-order valence-corrected chi connectivity index (χ0v) is 7.41. The summed E-state index contributed by atoms with van der Waals surface area (Å²) < 4.78 is 0. The van der Waals surface area contributed by atoms with Crippen molar-refractivity contribution in [3.63, 3.8) is 0 Å². The molecule has 0 radical (unpaired) electrons. The van der Waals surface area contributed by atoms with Gasteiger partial charge in [-0.2, -0.15) is 0 Å². The van der Waals surface area contributed by atoms with Crippen LogP contribution in [0.5, 0.6) is 0 Å². The van der Waals surface area contributed by atoms with E-state index in [0.717, 1.165) is 13.1 Å². The van der Waals surface area contributed by atoms with Gasteiger partial charge in [-0.05, 0) is 32.9 Å². The average molecular weight is 141 g/mol. The molecule has 0 heterocycles. The Hall–Kier alpha value is -0.300. The maximum absolute atomic E-state index is 3.28. The molecule has 1 N–H and O–H groups in total. The van der Waals surface area contributed by atoms with Crippen molar-refractivity contribution in [2.45, 2.75) is 33.6 Å². The predicted octanol–water partition coefficient (Wildman–Crippen LogP) is 2.34. The Bertz CT molecular complexity index is 94.9. The van der Waals surface area contributed by atoms with Gasteiger partial charge in [-0.1, -0.05) is 25.5 Å². The number of hydrogen-bond donors (Lipinski definition) is 1. The van der Waals surface area contributed by atoms with Crippen molar-refractivity contribution < 1.29 is 0 Å². The van der Waals surface area contributed by atoms with Crippen molar-refractivity contribution >= 4 is 0 Å². The van der Waals surface area contributed by atoms with Gasteiger partial charge in [0.1, 0.15) is 0 Å². The predicted molar refractivity (Wildman–Crippen MR) is 47.2 cm³/mol. The largest absolute Gasteiger partial charge is 0.317 e. The summed E-state index contributed by atoms with van der Waals surface area (Å²) in [6, 6.07) is 0. The zero-order chi connectivity index (χ0) is 7.82. The molecule has 0 unspecified atom stereocenters. The van der Waals surface area contributed by atoms with Gasteiger partial charge in [0.2, 0.25) is 0 Å². The number of nitrogens with one attached hydrogen (secondary N) is 1. The molecule has 1 nitrogen and oxygen atoms in total. The van der Waals surface area contributed by atoms with Crippen molar-refractivity contribution in [2.75, 3.05) is 13.1 Å². The molecule has 10 heavy (non-hydrogen) atoms. The summed E-state index contributed by atoms with van der Waals surface area (Å²) in [4.78, 5) is 0. The summed E-state index contributed by atoms with van der Waals surface area (Å²) in [7, 11) is 0. The Kier molecular flexibility index (Phi) is 6.61. The molecule has 0 atom stereocenters. The number of allylic oxidation sites excluding steroid dienone is 1. The highest BCUT2D eigenvalue weighted by atomic mass is 14.8. The van der Waals surface area contributed by atoms with Crippen molar-refractivity contribution in [1.29, 1.82) is 0 Å². The molecule has 0 fully saturated rings. The first-order valence-electron chi connectivity index (χ1n) is 4.17. The Morgan fingerprint density at radius 1 is 1.40 bits per heavy atom. The average Bonchev–Trinajstić information content (AvgIpc) is 1.98. The number of hydrogen-bond acceptors (Lipinski definition) is 1. The molecular formula is C9H19N. The molecule has 0 amide bonds. The fraction of sp³-hybridized carbons (Fsp3) is 0.778. The third kappa shape index (κ3) is 5.83. The van der Waals surface area contributed by atoms with Crippen molar-refractivity contribution in [1.82, 2.24) is 5.32 Å². The second-order valence-electron chi connectivity index (χ2n) is 2.55. The molecule has 0 aliphatic heterocycles. The van der Waals surface area contributed by atoms with Crippen LogP contribution in [0.25, 0.3) is 0 Å². The topological polar surface area (TPSA) is 12.0 Å². The molecule has 0 aromatic rings. The van der Waals surface area contributed by atoms with Crippen LogP contribution in [0.1, 0.15) is 33.6 Å². The van der Waals surface area contributed by atoms with Crippen LogP contribution >= 0.6 is 0 Å². The molecule has 0 aromatic carbocycles. The standard InChI is InChI=1S/C9H19N/c1-4-9(3)7-6-8-10-5-2/h7,10H,4-6,8H2,1-3H3. The Morgan fingerprint density at radius 3 is 2.60 bits per heavy atom. The smallest absolute Gasteiger partial charge is 0.00143 e. The lowest BCUT2D eigenvalue weighted by molar-refractivity contribution is 0.724. The molecular weight excluding hydrogens is 122 g/mol. The van der Waals surface area contributed by atoms with Crippen molar-refractivity contribution in [3.8, 4) is 0 Å².